The van der Waals surface area contributed by atoms with E-state index in [0.717, 1.165) is 27.0 Å². The normalized spacial score (nSPS) is 11.6. The number of nitrogens with zero attached hydrogens (tertiary/aromatic N) is 2. The molecule has 0 spiro atoms. The van der Waals surface area contributed by atoms with Crippen LogP contribution in [0.3, 0.4) is 0 Å². The van der Waals surface area contributed by atoms with E-state index < -0.39 is 0 Å². The van der Waals surface area contributed by atoms with E-state index in [1.54, 1.807) is 0 Å². The summed E-state index contributed by atoms with van der Waals surface area (Å²) in [6, 6.07) is 6.26. The van der Waals surface area contributed by atoms with Crippen LogP contribution in [0.2, 0.25) is 0 Å². The van der Waals surface area contributed by atoms with Crippen LogP contribution in [-0.2, 0) is 5.41 Å². The third kappa shape index (κ3) is 2.78. The minimum Gasteiger partial charge on any atom is -0.261 e. The average Bonchev–Trinajstić information content (AvgIpc) is 2.32. The second-order valence-corrected chi connectivity index (χ2v) is 6.33. The van der Waals surface area contributed by atoms with Gasteiger partial charge in [0.05, 0.1) is 5.69 Å². The fourth-order valence-electron chi connectivity index (χ4n) is 1.68. The molecule has 18 heavy (non-hydrogen) atoms. The summed E-state index contributed by atoms with van der Waals surface area (Å²) >= 11 is 3.52. The van der Waals surface area contributed by atoms with Crippen molar-refractivity contribution in [1.29, 1.82) is 0 Å². The maximum absolute atomic E-state index is 4.44. The Kier molecular flexibility index (Phi) is 3.53. The Morgan fingerprint density at radius 3 is 2.39 bits per heavy atom. The number of hydrogen-bond donors (Lipinski definition) is 0. The molecule has 2 heterocycles. The lowest BCUT2D eigenvalue weighted by Gasteiger charge is -2.18. The molecule has 0 atom stereocenters. The van der Waals surface area contributed by atoms with Crippen molar-refractivity contribution < 1.29 is 0 Å². The van der Waals surface area contributed by atoms with E-state index in [4.69, 9.17) is 0 Å². The molecule has 94 valence electrons. The Bertz CT molecular complexity index is 571. The van der Waals surface area contributed by atoms with E-state index in [9.17, 15) is 0 Å². The lowest BCUT2D eigenvalue weighted by molar-refractivity contribution is 0.569. The first-order chi connectivity index (χ1) is 8.38. The summed E-state index contributed by atoms with van der Waals surface area (Å²) in [4.78, 5) is 8.82. The molecule has 0 bridgehead atoms. The molecule has 0 saturated heterocycles. The molecule has 0 aliphatic rings. The molecule has 2 aromatic rings. The summed E-state index contributed by atoms with van der Waals surface area (Å²) in [5.74, 6) is 0. The third-order valence-electron chi connectivity index (χ3n) is 2.89. The number of aryl methyl sites for hydroxylation is 1. The number of pyridine rings is 2. The van der Waals surface area contributed by atoms with Crippen molar-refractivity contribution in [1.82, 2.24) is 9.97 Å². The van der Waals surface area contributed by atoms with Crippen molar-refractivity contribution in [2.75, 3.05) is 0 Å². The van der Waals surface area contributed by atoms with E-state index in [1.165, 1.54) is 0 Å². The van der Waals surface area contributed by atoms with E-state index in [2.05, 4.69) is 58.8 Å². The van der Waals surface area contributed by atoms with Crippen LogP contribution >= 0.6 is 15.9 Å². The van der Waals surface area contributed by atoms with Crippen molar-refractivity contribution >= 4 is 15.9 Å². The Hall–Kier alpha value is -1.22. The summed E-state index contributed by atoms with van der Waals surface area (Å²) in [5, 5.41) is 0. The van der Waals surface area contributed by atoms with Crippen molar-refractivity contribution in [2.24, 2.45) is 0 Å². The summed E-state index contributed by atoms with van der Waals surface area (Å²) in [7, 11) is 0. The molecule has 0 unspecified atom stereocenters. The fraction of sp³-hybridized carbons (Fsp3) is 0.333. The number of aromatic nitrogens is 2. The maximum Gasteiger partial charge on any atom is 0.0514 e. The van der Waals surface area contributed by atoms with E-state index in [1.807, 2.05) is 25.4 Å². The van der Waals surface area contributed by atoms with Gasteiger partial charge in [-0.05, 0) is 46.6 Å². The smallest absolute Gasteiger partial charge is 0.0514 e. The zero-order valence-corrected chi connectivity index (χ0v) is 12.7. The molecule has 0 amide bonds. The minimum atomic E-state index is 0.0609. The summed E-state index contributed by atoms with van der Waals surface area (Å²) in [6.07, 6.45) is 3.77. The molecule has 0 N–H and O–H groups in total. The van der Waals surface area contributed by atoms with Gasteiger partial charge in [-0.3, -0.25) is 9.97 Å². The Morgan fingerprint density at radius 1 is 1.06 bits per heavy atom. The van der Waals surface area contributed by atoms with Crippen molar-refractivity contribution in [3.8, 4) is 11.1 Å². The molecule has 0 radical (unpaired) electrons. The highest BCUT2D eigenvalue weighted by molar-refractivity contribution is 9.10. The van der Waals surface area contributed by atoms with Crippen LogP contribution in [0.1, 0.15) is 32.2 Å². The van der Waals surface area contributed by atoms with Gasteiger partial charge in [-0.25, -0.2) is 0 Å². The molecule has 2 rings (SSSR count). The van der Waals surface area contributed by atoms with Crippen LogP contribution in [-0.4, -0.2) is 9.97 Å². The first kappa shape index (κ1) is 13.2. The summed E-state index contributed by atoms with van der Waals surface area (Å²) < 4.78 is 1.04. The van der Waals surface area contributed by atoms with Gasteiger partial charge in [-0.1, -0.05) is 20.8 Å². The molecule has 2 aromatic heterocycles. The Morgan fingerprint density at radius 2 is 1.78 bits per heavy atom. The van der Waals surface area contributed by atoms with Gasteiger partial charge in [0.25, 0.3) is 0 Å². The lowest BCUT2D eigenvalue weighted by Crippen LogP contribution is -2.13. The average molecular weight is 305 g/mol. The van der Waals surface area contributed by atoms with Gasteiger partial charge in [-0.15, -0.1) is 0 Å². The fourth-order valence-corrected chi connectivity index (χ4v) is 2.03. The monoisotopic (exact) mass is 304 g/mol. The van der Waals surface area contributed by atoms with E-state index in [-0.39, 0.29) is 5.41 Å². The van der Waals surface area contributed by atoms with Gasteiger partial charge >= 0.3 is 0 Å². The summed E-state index contributed by atoms with van der Waals surface area (Å²) in [5.41, 5.74) is 4.43. The largest absolute Gasteiger partial charge is 0.261 e. The highest BCUT2D eigenvalue weighted by Crippen LogP contribution is 2.27. The number of hydrogen-bond acceptors (Lipinski definition) is 2. The predicted molar refractivity (Wildman–Crippen MR) is 78.6 cm³/mol. The van der Waals surface area contributed by atoms with Crippen LogP contribution in [0.15, 0.2) is 35.1 Å². The Balaban J connectivity index is 2.48. The van der Waals surface area contributed by atoms with Crippen LogP contribution in [0.5, 0.6) is 0 Å². The third-order valence-corrected chi connectivity index (χ3v) is 3.69. The van der Waals surface area contributed by atoms with Gasteiger partial charge in [0.1, 0.15) is 0 Å². The quantitative estimate of drug-likeness (QED) is 0.774. The van der Waals surface area contributed by atoms with Crippen molar-refractivity contribution in [2.45, 2.75) is 33.1 Å². The SMILES string of the molecule is Cc1ncc(-c2ccnc(C(C)(C)C)c2)cc1Br. The van der Waals surface area contributed by atoms with Gasteiger partial charge < -0.3 is 0 Å². The van der Waals surface area contributed by atoms with Crippen molar-refractivity contribution in [3.63, 3.8) is 0 Å². The number of rotatable bonds is 1. The standard InChI is InChI=1S/C15H17BrN2/c1-10-13(16)7-12(9-18-10)11-5-6-17-14(8-11)15(2,3)4/h5-9H,1-4H3. The molecule has 0 aromatic carbocycles. The van der Waals surface area contributed by atoms with Crippen LogP contribution in [0, 0.1) is 6.92 Å². The van der Waals surface area contributed by atoms with E-state index >= 15 is 0 Å². The first-order valence-electron chi connectivity index (χ1n) is 5.97. The van der Waals surface area contributed by atoms with Gasteiger partial charge in [0, 0.05) is 33.5 Å². The molecular formula is C15H17BrN2. The highest BCUT2D eigenvalue weighted by atomic mass is 79.9. The molecule has 2 nitrogen and oxygen atoms in total. The molecule has 3 heteroatoms. The number of halogens is 1. The lowest BCUT2D eigenvalue weighted by atomic mass is 9.90. The highest BCUT2D eigenvalue weighted by Gasteiger charge is 2.15. The zero-order chi connectivity index (χ0) is 13.3. The molecule has 0 aliphatic heterocycles. The molecule has 0 aliphatic carbocycles. The molecule has 0 saturated carbocycles. The van der Waals surface area contributed by atoms with Crippen LogP contribution in [0.4, 0.5) is 0 Å². The first-order valence-corrected chi connectivity index (χ1v) is 6.76. The maximum atomic E-state index is 4.44. The van der Waals surface area contributed by atoms with Crippen LogP contribution < -0.4 is 0 Å². The summed E-state index contributed by atoms with van der Waals surface area (Å²) in [6.45, 7) is 8.49. The minimum absolute atomic E-state index is 0.0609. The zero-order valence-electron chi connectivity index (χ0n) is 11.2. The molecular weight excluding hydrogens is 288 g/mol. The van der Waals surface area contributed by atoms with Gasteiger partial charge in [0.2, 0.25) is 0 Å². The Labute approximate surface area is 117 Å². The van der Waals surface area contributed by atoms with Gasteiger partial charge in [0.15, 0.2) is 0 Å². The second-order valence-electron chi connectivity index (χ2n) is 5.47. The van der Waals surface area contributed by atoms with Crippen LogP contribution in [0.25, 0.3) is 11.1 Å². The van der Waals surface area contributed by atoms with Gasteiger partial charge in [-0.2, -0.15) is 0 Å². The predicted octanol–water partition coefficient (Wildman–Crippen LogP) is 4.51. The van der Waals surface area contributed by atoms with E-state index in [0.29, 0.717) is 0 Å². The molecule has 0 fully saturated rings. The topological polar surface area (TPSA) is 25.8 Å². The van der Waals surface area contributed by atoms with Crippen molar-refractivity contribution in [3.05, 3.63) is 46.5 Å². The second kappa shape index (κ2) is 4.81.